The molecule has 2 nitrogen and oxygen atoms in total. The average Bonchev–Trinajstić information content (AvgIpc) is 2.98. The molecule has 1 heterocycles. The van der Waals surface area contributed by atoms with Crippen molar-refractivity contribution >= 4 is 28.6 Å². The van der Waals surface area contributed by atoms with E-state index in [1.807, 2.05) is 6.92 Å². The maximum Gasteiger partial charge on any atom is 0.309 e. The first-order chi connectivity index (χ1) is 10.5. The van der Waals surface area contributed by atoms with E-state index in [0.717, 1.165) is 24.7 Å². The molecule has 0 N–H and O–H groups in total. The summed E-state index contributed by atoms with van der Waals surface area (Å²) in [6.07, 6.45) is 8.90. The lowest BCUT2D eigenvalue weighted by atomic mass is 9.61. The Balaban J connectivity index is 1.68. The molecule has 1 unspecified atom stereocenters. The standard InChI is InChI=1S/C19H29IO2/c1-12(9-15-10-13(2)18(21)22-15)16-6-7-17-14(11-20)5-4-8-19(16,17)3/h11-13,15-17H,4-10H2,1-3H3/t12-,13+,15+,16-,17?,19+/m1/s1. The molecule has 22 heavy (non-hydrogen) atoms. The lowest BCUT2D eigenvalue weighted by Crippen LogP contribution is -2.36. The van der Waals surface area contributed by atoms with Crippen LogP contribution < -0.4 is 0 Å². The molecule has 0 amide bonds. The lowest BCUT2D eigenvalue weighted by molar-refractivity contribution is -0.144. The van der Waals surface area contributed by atoms with E-state index in [1.54, 1.807) is 5.57 Å². The molecule has 0 radical (unpaired) electrons. The van der Waals surface area contributed by atoms with E-state index in [9.17, 15) is 4.79 Å². The van der Waals surface area contributed by atoms with Crippen LogP contribution in [0.2, 0.25) is 0 Å². The molecule has 0 bridgehead atoms. The Morgan fingerprint density at radius 3 is 2.86 bits per heavy atom. The van der Waals surface area contributed by atoms with Gasteiger partial charge in [-0.15, -0.1) is 0 Å². The van der Waals surface area contributed by atoms with Crippen LogP contribution >= 0.6 is 22.6 Å². The number of carbonyl (C=O) groups is 1. The molecule has 0 spiro atoms. The third-order valence-electron chi connectivity index (χ3n) is 6.80. The van der Waals surface area contributed by atoms with Gasteiger partial charge in [0.15, 0.2) is 0 Å². The normalized spacial score (nSPS) is 44.9. The Morgan fingerprint density at radius 1 is 1.45 bits per heavy atom. The number of halogens is 1. The van der Waals surface area contributed by atoms with Crippen LogP contribution in [0.4, 0.5) is 0 Å². The minimum Gasteiger partial charge on any atom is -0.462 e. The molecule has 2 aliphatic carbocycles. The Morgan fingerprint density at radius 2 is 2.23 bits per heavy atom. The van der Waals surface area contributed by atoms with Gasteiger partial charge in [0, 0.05) is 0 Å². The van der Waals surface area contributed by atoms with Crippen LogP contribution in [0.15, 0.2) is 9.66 Å². The highest BCUT2D eigenvalue weighted by Crippen LogP contribution is 2.60. The Bertz CT molecular complexity index is 472. The molecule has 3 rings (SSSR count). The van der Waals surface area contributed by atoms with Gasteiger partial charge in [0.2, 0.25) is 0 Å². The fourth-order valence-corrected chi connectivity index (χ4v) is 6.43. The highest BCUT2D eigenvalue weighted by molar-refractivity contribution is 14.1. The number of esters is 1. The van der Waals surface area contributed by atoms with Gasteiger partial charge in [-0.2, -0.15) is 0 Å². The molecule has 2 saturated carbocycles. The number of allylic oxidation sites excluding steroid dienone is 1. The lowest BCUT2D eigenvalue weighted by Gasteiger charge is -2.44. The minimum absolute atomic E-state index is 0.0144. The molecule has 0 aromatic rings. The second kappa shape index (κ2) is 6.45. The van der Waals surface area contributed by atoms with Crippen molar-refractivity contribution in [1.29, 1.82) is 0 Å². The van der Waals surface area contributed by atoms with Crippen LogP contribution in [0.5, 0.6) is 0 Å². The van der Waals surface area contributed by atoms with E-state index in [1.165, 1.54) is 32.1 Å². The number of fused-ring (bicyclic) bond motifs is 1. The van der Waals surface area contributed by atoms with E-state index < -0.39 is 0 Å². The molecule has 0 aromatic carbocycles. The third-order valence-corrected chi connectivity index (χ3v) is 7.60. The van der Waals surface area contributed by atoms with Gasteiger partial charge in [-0.25, -0.2) is 0 Å². The summed E-state index contributed by atoms with van der Waals surface area (Å²) < 4.78 is 7.92. The second-order valence-electron chi connectivity index (χ2n) is 8.19. The first-order valence-corrected chi connectivity index (χ1v) is 10.2. The highest BCUT2D eigenvalue weighted by atomic mass is 127. The molecule has 6 atom stereocenters. The number of hydrogen-bond acceptors (Lipinski definition) is 2. The van der Waals surface area contributed by atoms with Gasteiger partial charge in [-0.3, -0.25) is 4.79 Å². The van der Waals surface area contributed by atoms with Crippen molar-refractivity contribution in [2.75, 3.05) is 0 Å². The number of rotatable bonds is 3. The smallest absolute Gasteiger partial charge is 0.309 e. The average molecular weight is 416 g/mol. The van der Waals surface area contributed by atoms with Crippen LogP contribution in [-0.2, 0) is 9.53 Å². The fourth-order valence-electron chi connectivity index (χ4n) is 5.69. The van der Waals surface area contributed by atoms with E-state index in [-0.39, 0.29) is 18.0 Å². The van der Waals surface area contributed by atoms with Gasteiger partial charge in [0.25, 0.3) is 0 Å². The molecular weight excluding hydrogens is 387 g/mol. The Kier molecular flexibility index (Phi) is 4.92. The van der Waals surface area contributed by atoms with E-state index in [2.05, 4.69) is 40.5 Å². The van der Waals surface area contributed by atoms with Crippen molar-refractivity contribution in [3.05, 3.63) is 9.66 Å². The predicted molar refractivity (Wildman–Crippen MR) is 97.7 cm³/mol. The van der Waals surface area contributed by atoms with Crippen LogP contribution in [-0.4, -0.2) is 12.1 Å². The van der Waals surface area contributed by atoms with Crippen molar-refractivity contribution < 1.29 is 9.53 Å². The largest absolute Gasteiger partial charge is 0.462 e. The van der Waals surface area contributed by atoms with E-state index >= 15 is 0 Å². The third kappa shape index (κ3) is 2.87. The maximum atomic E-state index is 11.6. The Hall–Kier alpha value is -0.0600. The van der Waals surface area contributed by atoms with Crippen LogP contribution in [0.3, 0.4) is 0 Å². The number of carbonyl (C=O) groups excluding carboxylic acids is 1. The van der Waals surface area contributed by atoms with Crippen molar-refractivity contribution in [3.63, 3.8) is 0 Å². The summed E-state index contributed by atoms with van der Waals surface area (Å²) in [5.41, 5.74) is 2.17. The van der Waals surface area contributed by atoms with Gasteiger partial charge in [-0.1, -0.05) is 48.9 Å². The maximum absolute atomic E-state index is 11.6. The molecule has 124 valence electrons. The Labute approximate surface area is 148 Å². The SMILES string of the molecule is C[C@H](C[C@H]1C[C@H](C)C(=O)O1)[C@H]1CCC2C(=CI)CCC[C@]21C. The summed E-state index contributed by atoms with van der Waals surface area (Å²) >= 11 is 2.44. The van der Waals surface area contributed by atoms with E-state index in [4.69, 9.17) is 4.74 Å². The molecule has 3 fully saturated rings. The quantitative estimate of drug-likeness (QED) is 0.449. The minimum atomic E-state index is 0.0144. The van der Waals surface area contributed by atoms with Crippen molar-refractivity contribution in [2.24, 2.45) is 29.1 Å². The number of cyclic esters (lactones) is 1. The first-order valence-electron chi connectivity index (χ1n) is 8.95. The zero-order chi connectivity index (χ0) is 15.9. The van der Waals surface area contributed by atoms with Crippen molar-refractivity contribution in [1.82, 2.24) is 0 Å². The zero-order valence-corrected chi connectivity index (χ0v) is 16.3. The summed E-state index contributed by atoms with van der Waals surface area (Å²) in [4.78, 5) is 11.6. The van der Waals surface area contributed by atoms with Gasteiger partial charge in [-0.05, 0) is 72.2 Å². The topological polar surface area (TPSA) is 26.3 Å². The van der Waals surface area contributed by atoms with Gasteiger partial charge < -0.3 is 4.74 Å². The van der Waals surface area contributed by atoms with Gasteiger partial charge in [0.1, 0.15) is 6.10 Å². The highest BCUT2D eigenvalue weighted by Gasteiger charge is 2.51. The molecule has 3 aliphatic rings. The fraction of sp³-hybridized carbons (Fsp3) is 0.842. The monoisotopic (exact) mass is 416 g/mol. The van der Waals surface area contributed by atoms with Crippen LogP contribution in [0, 0.1) is 29.1 Å². The van der Waals surface area contributed by atoms with Crippen LogP contribution in [0.1, 0.15) is 65.7 Å². The first kappa shape index (κ1) is 16.8. The van der Waals surface area contributed by atoms with Gasteiger partial charge >= 0.3 is 5.97 Å². The summed E-state index contributed by atoms with van der Waals surface area (Å²) in [6.45, 7) is 6.93. The molecular formula is C19H29IO2. The molecule has 1 saturated heterocycles. The van der Waals surface area contributed by atoms with Crippen molar-refractivity contribution in [3.8, 4) is 0 Å². The number of ether oxygens (including phenoxy) is 1. The summed E-state index contributed by atoms with van der Waals surface area (Å²) in [5, 5.41) is 0. The van der Waals surface area contributed by atoms with Gasteiger partial charge in [0.05, 0.1) is 5.92 Å². The number of hydrogen-bond donors (Lipinski definition) is 0. The zero-order valence-electron chi connectivity index (χ0n) is 14.1. The molecule has 3 heteroatoms. The summed E-state index contributed by atoms with van der Waals surface area (Å²) in [7, 11) is 0. The summed E-state index contributed by atoms with van der Waals surface area (Å²) in [6, 6.07) is 0. The molecule has 0 aromatic heterocycles. The summed E-state index contributed by atoms with van der Waals surface area (Å²) in [5.74, 6) is 2.37. The van der Waals surface area contributed by atoms with Crippen molar-refractivity contribution in [2.45, 2.75) is 71.8 Å². The second-order valence-corrected chi connectivity index (χ2v) is 8.81. The predicted octanol–water partition coefficient (Wildman–Crippen LogP) is 5.50. The van der Waals surface area contributed by atoms with Crippen LogP contribution in [0.25, 0.3) is 0 Å². The molecule has 1 aliphatic heterocycles. The van der Waals surface area contributed by atoms with E-state index in [0.29, 0.717) is 11.3 Å².